The van der Waals surface area contributed by atoms with Crippen molar-refractivity contribution in [1.82, 2.24) is 40.4 Å². The number of fused-ring (bicyclic) bond motifs is 2. The Kier molecular flexibility index (Phi) is 16.4. The molecule has 2 fully saturated rings. The van der Waals surface area contributed by atoms with Crippen molar-refractivity contribution in [1.29, 1.82) is 0 Å². The second kappa shape index (κ2) is 22.6. The van der Waals surface area contributed by atoms with Gasteiger partial charge >= 0.3 is 17.9 Å². The minimum absolute atomic E-state index is 0.0191. The number of nitrogens with zero attached hydrogens (tertiary/aromatic N) is 8. The number of rotatable bonds is 21. The van der Waals surface area contributed by atoms with Gasteiger partial charge in [0, 0.05) is 37.8 Å². The zero-order valence-corrected chi connectivity index (χ0v) is 44.5. The summed E-state index contributed by atoms with van der Waals surface area (Å²) in [4.78, 5) is 135. The lowest BCUT2D eigenvalue weighted by atomic mass is 9.98. The molecule has 8 rings (SSSR count). The van der Waals surface area contributed by atoms with Crippen molar-refractivity contribution >= 4 is 162 Å². The van der Waals surface area contributed by atoms with Gasteiger partial charge in [0.15, 0.2) is 30.4 Å². The number of aliphatic carboxylic acids is 3. The Morgan fingerprint density at radius 3 is 1.90 bits per heavy atom. The Hall–Kier alpha value is -6.10. The molecule has 4 aromatic heterocycles. The van der Waals surface area contributed by atoms with E-state index in [1.807, 2.05) is 0 Å². The maximum absolute atomic E-state index is 14.4. The molecule has 0 aliphatic carbocycles. The van der Waals surface area contributed by atoms with Crippen LogP contribution in [-0.4, -0.2) is 164 Å². The molecule has 1 unspecified atom stereocenters. The fourth-order valence-electron chi connectivity index (χ4n) is 7.48. The van der Waals surface area contributed by atoms with E-state index in [9.17, 15) is 53.7 Å². The molecule has 0 spiro atoms. The second-order valence-corrected chi connectivity index (χ2v) is 23.9. The summed E-state index contributed by atoms with van der Waals surface area (Å²) in [6.45, 7) is 3.39. The molecular formula is C40H38N12O13S8. The lowest BCUT2D eigenvalue weighted by molar-refractivity contribution is -0.153. The van der Waals surface area contributed by atoms with Gasteiger partial charge in [-0.05, 0) is 30.4 Å². The van der Waals surface area contributed by atoms with Crippen LogP contribution in [0.5, 0.6) is 0 Å². The van der Waals surface area contributed by atoms with E-state index in [-0.39, 0.29) is 68.9 Å². The summed E-state index contributed by atoms with van der Waals surface area (Å²) in [7, 11) is 2.42. The van der Waals surface area contributed by atoms with Crippen LogP contribution in [0.3, 0.4) is 0 Å². The van der Waals surface area contributed by atoms with Crippen molar-refractivity contribution in [3.63, 3.8) is 0 Å². The highest BCUT2D eigenvalue weighted by molar-refractivity contribution is 8.03. The van der Waals surface area contributed by atoms with Crippen LogP contribution in [0.1, 0.15) is 32.5 Å². The van der Waals surface area contributed by atoms with Gasteiger partial charge in [-0.3, -0.25) is 43.8 Å². The molecule has 384 valence electrons. The fourth-order valence-corrected chi connectivity index (χ4v) is 16.0. The Labute approximate surface area is 444 Å². The summed E-state index contributed by atoms with van der Waals surface area (Å²) in [6.07, 6.45) is -0.411. The Morgan fingerprint density at radius 1 is 0.795 bits per heavy atom. The van der Waals surface area contributed by atoms with Gasteiger partial charge in [0.2, 0.25) is 5.91 Å². The monoisotopic (exact) mass is 1150 g/mol. The molecule has 0 aromatic carbocycles. The zero-order chi connectivity index (χ0) is 52.4. The summed E-state index contributed by atoms with van der Waals surface area (Å²) in [6, 6.07) is -3.51. The Morgan fingerprint density at radius 2 is 1.36 bits per heavy atom. The van der Waals surface area contributed by atoms with Crippen LogP contribution in [-0.2, 0) is 60.9 Å². The average Bonchev–Trinajstić information content (AvgIpc) is 4.15. The lowest BCUT2D eigenvalue weighted by Crippen LogP contribution is -2.74. The summed E-state index contributed by atoms with van der Waals surface area (Å²) >= 11 is 9.28. The first-order valence-corrected chi connectivity index (χ1v) is 28.2. The van der Waals surface area contributed by atoms with E-state index < -0.39 is 76.3 Å². The fraction of sp³-hybridized carbons (Fsp3) is 0.350. The third kappa shape index (κ3) is 11.4. The van der Waals surface area contributed by atoms with E-state index in [0.717, 1.165) is 27.6 Å². The number of thioether (sulfide) groups is 4. The number of aromatic nitrogens is 4. The number of amides is 5. The van der Waals surface area contributed by atoms with Crippen molar-refractivity contribution in [2.24, 2.45) is 10.3 Å². The van der Waals surface area contributed by atoms with E-state index >= 15 is 0 Å². The molecule has 8 heterocycles. The van der Waals surface area contributed by atoms with E-state index in [1.165, 1.54) is 99.6 Å². The van der Waals surface area contributed by atoms with Gasteiger partial charge in [0.1, 0.15) is 60.2 Å². The molecule has 33 heteroatoms. The van der Waals surface area contributed by atoms with Gasteiger partial charge < -0.3 is 46.3 Å². The molecule has 0 bridgehead atoms. The number of thiazole rings is 4. The SMILES string of the molecule is CO/N=C(\C(=O)N[C@@H]1C(=O)N2C(C(=O)O)=C(CSc3nc(C)c(CC(=O)O)s3)CS[C@H]12)c1csc(NC(=O)C2C(CSc3nc(C)c(CC(=O)O)s3)=CS[C@@H]3[C@H](NC(=O)/C(=N\OC)c4csc(N)n4)C(=O)N23)n1. The summed E-state index contributed by atoms with van der Waals surface area (Å²) < 4.78 is 1.09. The molecule has 5 amide bonds. The number of nitrogens with two attached hydrogens (primary N) is 1. The van der Waals surface area contributed by atoms with Gasteiger partial charge in [-0.25, -0.2) is 24.7 Å². The van der Waals surface area contributed by atoms with Crippen molar-refractivity contribution in [2.75, 3.05) is 42.5 Å². The normalized spacial score (nSPS) is 20.5. The predicted octanol–water partition coefficient (Wildman–Crippen LogP) is 2.28. The first-order valence-electron chi connectivity index (χ1n) is 20.9. The molecule has 25 nitrogen and oxygen atoms in total. The number of carbonyl (C=O) groups is 8. The quantitative estimate of drug-likeness (QED) is 0.0272. The van der Waals surface area contributed by atoms with Gasteiger partial charge in [-0.2, -0.15) is 0 Å². The largest absolute Gasteiger partial charge is 0.481 e. The van der Waals surface area contributed by atoms with Crippen LogP contribution < -0.4 is 21.7 Å². The molecular weight excluding hydrogens is 1110 g/mol. The average molecular weight is 1150 g/mol. The number of nitrogens with one attached hydrogen (secondary N) is 3. The number of hydrogen-bond acceptors (Lipinski definition) is 25. The van der Waals surface area contributed by atoms with Crippen molar-refractivity contribution in [3.05, 3.63) is 65.5 Å². The second-order valence-electron chi connectivity index (χ2n) is 15.5. The molecule has 0 saturated carbocycles. The molecule has 4 aromatic rings. The minimum atomic E-state index is -1.34. The third-order valence-electron chi connectivity index (χ3n) is 10.8. The number of oxime groups is 2. The van der Waals surface area contributed by atoms with E-state index in [0.29, 0.717) is 41.0 Å². The summed E-state index contributed by atoms with van der Waals surface area (Å²) in [5.74, 6) is -6.50. The lowest BCUT2D eigenvalue weighted by Gasteiger charge is -2.52. The summed E-state index contributed by atoms with van der Waals surface area (Å²) in [5.41, 5.74) is 7.03. The van der Waals surface area contributed by atoms with Gasteiger partial charge in [-0.15, -0.1) is 68.9 Å². The standard InChI is InChI=1S/C40H38N12O13S8/c1-13-19(5-21(53)54)72-39(42-13)70-9-15-7-66-34-25(46-29(57)23(49-64-3)17-11-68-37(41)44-17)32(60)51(34)27(15)31(59)48-38-45-18(12-69-38)24(50-65-4)30(58)47-26-33(61)52-28(36(62)63)16(8-67-35(26)52)10-71-40-43-14(2)20(73-40)6-22(55)56/h7,11-12,25-27,34-35H,5-6,8-10H2,1-4H3,(H2,41,44)(H,46,57)(H,47,58)(H,53,54)(H,55,56)(H,62,63)(H,45,48,59)/b49-23-,50-24-/t25-,26-,27?,34-,35-/m1/s1. The number of carboxylic acid groups (broad SMARTS) is 3. The molecule has 4 aliphatic heterocycles. The highest BCUT2D eigenvalue weighted by Gasteiger charge is 2.57. The minimum Gasteiger partial charge on any atom is -0.481 e. The van der Waals surface area contributed by atoms with Crippen LogP contribution in [0, 0.1) is 13.8 Å². The number of anilines is 2. The number of β-lactam (4-membered cyclic amide) rings is 2. The van der Waals surface area contributed by atoms with Crippen LogP contribution in [0.4, 0.5) is 10.3 Å². The number of hydrogen-bond donors (Lipinski definition) is 7. The van der Waals surface area contributed by atoms with Crippen LogP contribution in [0.25, 0.3) is 0 Å². The van der Waals surface area contributed by atoms with Gasteiger partial charge in [-0.1, -0.05) is 33.8 Å². The van der Waals surface area contributed by atoms with Crippen LogP contribution >= 0.6 is 92.4 Å². The van der Waals surface area contributed by atoms with Crippen molar-refractivity contribution in [2.45, 2.75) is 64.2 Å². The van der Waals surface area contributed by atoms with E-state index in [4.69, 9.17) is 15.4 Å². The molecule has 4 aliphatic rings. The van der Waals surface area contributed by atoms with Gasteiger partial charge in [0.05, 0.1) is 24.2 Å². The predicted molar refractivity (Wildman–Crippen MR) is 274 cm³/mol. The van der Waals surface area contributed by atoms with Crippen molar-refractivity contribution in [3.8, 4) is 0 Å². The Balaban J connectivity index is 0.957. The topological polar surface area (TPSA) is 361 Å². The summed E-state index contributed by atoms with van der Waals surface area (Å²) in [5, 5.41) is 47.6. The first-order chi connectivity index (χ1) is 34.9. The number of aryl methyl sites for hydroxylation is 2. The smallest absolute Gasteiger partial charge is 0.352 e. The maximum Gasteiger partial charge on any atom is 0.352 e. The molecule has 73 heavy (non-hydrogen) atoms. The van der Waals surface area contributed by atoms with Crippen LogP contribution in [0.15, 0.2) is 52.0 Å². The van der Waals surface area contributed by atoms with Crippen molar-refractivity contribution < 1.29 is 63.4 Å². The van der Waals surface area contributed by atoms with Gasteiger partial charge in [0.25, 0.3) is 23.6 Å². The number of nitrogen functional groups attached to an aromatic ring is 1. The van der Waals surface area contributed by atoms with Crippen LogP contribution in [0.2, 0.25) is 0 Å². The first kappa shape index (κ1) is 53.2. The molecule has 8 N–H and O–H groups in total. The highest BCUT2D eigenvalue weighted by atomic mass is 32.2. The highest BCUT2D eigenvalue weighted by Crippen LogP contribution is 2.44. The Bertz CT molecular complexity index is 3070. The molecule has 5 atom stereocenters. The zero-order valence-electron chi connectivity index (χ0n) is 38.0. The third-order valence-corrected chi connectivity index (χ3v) is 19.5. The number of carboxylic acids is 3. The molecule has 2 saturated heterocycles. The maximum atomic E-state index is 14.4. The number of carbonyl (C=O) groups excluding carboxylic acids is 5. The van der Waals surface area contributed by atoms with E-state index in [2.05, 4.69) is 46.2 Å². The molecule has 0 radical (unpaired) electrons. The van der Waals surface area contributed by atoms with E-state index in [1.54, 1.807) is 19.3 Å².